The normalized spacial score (nSPS) is 23.8. The molecule has 1 saturated heterocycles. The summed E-state index contributed by atoms with van der Waals surface area (Å²) in [5.41, 5.74) is 0.617. The standard InChI is InChI=1S/C22H22O7/c1-2-13-26-22-19(29-21(25)16-11-7-4-8-12-16)18(17(23)14-27-22)28-20(24)15-9-5-3-6-10-15/h2-12,17-19,22-23H,1,13-14H2/t17-,18+,19?,22-/m1/s1. The van der Waals surface area contributed by atoms with Crippen molar-refractivity contribution in [2.45, 2.75) is 24.6 Å². The number of rotatable bonds is 7. The van der Waals surface area contributed by atoms with Gasteiger partial charge in [-0.15, -0.1) is 6.58 Å². The molecule has 2 aromatic carbocycles. The lowest BCUT2D eigenvalue weighted by Gasteiger charge is -2.39. The molecule has 1 fully saturated rings. The lowest BCUT2D eigenvalue weighted by molar-refractivity contribution is -0.265. The van der Waals surface area contributed by atoms with E-state index in [9.17, 15) is 14.7 Å². The van der Waals surface area contributed by atoms with Crippen LogP contribution in [0.25, 0.3) is 0 Å². The van der Waals surface area contributed by atoms with Crippen molar-refractivity contribution in [1.29, 1.82) is 0 Å². The van der Waals surface area contributed by atoms with Crippen molar-refractivity contribution in [2.75, 3.05) is 13.2 Å². The van der Waals surface area contributed by atoms with E-state index in [2.05, 4.69) is 6.58 Å². The summed E-state index contributed by atoms with van der Waals surface area (Å²) in [7, 11) is 0. The van der Waals surface area contributed by atoms with Crippen molar-refractivity contribution in [2.24, 2.45) is 0 Å². The van der Waals surface area contributed by atoms with Crippen LogP contribution in [-0.2, 0) is 18.9 Å². The van der Waals surface area contributed by atoms with Crippen LogP contribution in [0, 0.1) is 0 Å². The summed E-state index contributed by atoms with van der Waals surface area (Å²) in [6, 6.07) is 16.7. The predicted molar refractivity (Wildman–Crippen MR) is 103 cm³/mol. The van der Waals surface area contributed by atoms with Crippen molar-refractivity contribution < 1.29 is 33.6 Å². The topological polar surface area (TPSA) is 91.3 Å². The first kappa shape index (κ1) is 20.7. The third kappa shape index (κ3) is 5.29. The van der Waals surface area contributed by atoms with Crippen LogP contribution in [0.2, 0.25) is 0 Å². The van der Waals surface area contributed by atoms with Gasteiger partial charge in [-0.25, -0.2) is 9.59 Å². The van der Waals surface area contributed by atoms with Gasteiger partial charge in [0.25, 0.3) is 0 Å². The van der Waals surface area contributed by atoms with E-state index in [1.807, 2.05) is 0 Å². The highest BCUT2D eigenvalue weighted by molar-refractivity contribution is 5.90. The van der Waals surface area contributed by atoms with Crippen LogP contribution in [-0.4, -0.2) is 54.9 Å². The second kappa shape index (κ2) is 9.97. The van der Waals surface area contributed by atoms with Crippen LogP contribution in [0.15, 0.2) is 73.3 Å². The van der Waals surface area contributed by atoms with Crippen LogP contribution in [0.4, 0.5) is 0 Å². The van der Waals surface area contributed by atoms with E-state index in [-0.39, 0.29) is 13.2 Å². The Morgan fingerprint density at radius 1 is 0.966 bits per heavy atom. The molecular weight excluding hydrogens is 376 g/mol. The van der Waals surface area contributed by atoms with Crippen LogP contribution in [0.1, 0.15) is 20.7 Å². The smallest absolute Gasteiger partial charge is 0.338 e. The third-order valence-electron chi connectivity index (χ3n) is 4.29. The van der Waals surface area contributed by atoms with Gasteiger partial charge < -0.3 is 24.1 Å². The Morgan fingerprint density at radius 3 is 2.00 bits per heavy atom. The van der Waals surface area contributed by atoms with Crippen molar-refractivity contribution in [3.63, 3.8) is 0 Å². The Bertz CT molecular complexity index is 822. The van der Waals surface area contributed by atoms with Crippen LogP contribution < -0.4 is 0 Å². The Balaban J connectivity index is 1.81. The van der Waals surface area contributed by atoms with Crippen molar-refractivity contribution in [3.05, 3.63) is 84.4 Å². The summed E-state index contributed by atoms with van der Waals surface area (Å²) in [4.78, 5) is 25.1. The number of hydrogen-bond donors (Lipinski definition) is 1. The van der Waals surface area contributed by atoms with Gasteiger partial charge in [-0.05, 0) is 24.3 Å². The number of carbonyl (C=O) groups is 2. The quantitative estimate of drug-likeness (QED) is 0.565. The number of benzene rings is 2. The van der Waals surface area contributed by atoms with E-state index in [4.69, 9.17) is 18.9 Å². The second-order valence-electron chi connectivity index (χ2n) is 6.36. The van der Waals surface area contributed by atoms with E-state index in [0.29, 0.717) is 11.1 Å². The second-order valence-corrected chi connectivity index (χ2v) is 6.36. The van der Waals surface area contributed by atoms with E-state index in [1.165, 1.54) is 6.08 Å². The van der Waals surface area contributed by atoms with Gasteiger partial charge in [-0.1, -0.05) is 42.5 Å². The van der Waals surface area contributed by atoms with Crippen molar-refractivity contribution >= 4 is 11.9 Å². The number of esters is 2. The molecule has 1 aliphatic rings. The van der Waals surface area contributed by atoms with Gasteiger partial charge in [0, 0.05) is 0 Å². The van der Waals surface area contributed by atoms with E-state index in [1.54, 1.807) is 60.7 Å². The largest absolute Gasteiger partial charge is 0.452 e. The van der Waals surface area contributed by atoms with Crippen LogP contribution in [0.3, 0.4) is 0 Å². The first-order chi connectivity index (χ1) is 14.1. The highest BCUT2D eigenvalue weighted by Gasteiger charge is 2.46. The van der Waals surface area contributed by atoms with Gasteiger partial charge in [0.1, 0.15) is 6.10 Å². The highest BCUT2D eigenvalue weighted by Crippen LogP contribution is 2.25. The first-order valence-corrected chi connectivity index (χ1v) is 9.14. The van der Waals surface area contributed by atoms with Crippen molar-refractivity contribution in [1.82, 2.24) is 0 Å². The summed E-state index contributed by atoms with van der Waals surface area (Å²) in [6.45, 7) is 3.56. The molecule has 1 unspecified atom stereocenters. The molecule has 3 rings (SSSR count). The molecule has 0 bridgehead atoms. The van der Waals surface area contributed by atoms with Gasteiger partial charge in [0.2, 0.25) is 0 Å². The molecular formula is C22H22O7. The fraction of sp³-hybridized carbons (Fsp3) is 0.273. The molecule has 7 heteroatoms. The molecule has 0 amide bonds. The Morgan fingerprint density at radius 2 is 1.48 bits per heavy atom. The lowest BCUT2D eigenvalue weighted by atomic mass is 10.0. The fourth-order valence-corrected chi connectivity index (χ4v) is 2.86. The summed E-state index contributed by atoms with van der Waals surface area (Å²) in [6.07, 6.45) is -3.05. The van der Waals surface area contributed by atoms with E-state index >= 15 is 0 Å². The van der Waals surface area contributed by atoms with Crippen molar-refractivity contribution in [3.8, 4) is 0 Å². The van der Waals surface area contributed by atoms with E-state index < -0.39 is 36.5 Å². The SMILES string of the molecule is C=CCO[C@@H]1OC[C@@H](O)[C@H](OC(=O)c2ccccc2)C1OC(=O)c1ccccc1. The monoisotopic (exact) mass is 398 g/mol. The first-order valence-electron chi connectivity index (χ1n) is 9.14. The van der Waals surface area contributed by atoms with Gasteiger partial charge in [-0.3, -0.25) is 0 Å². The Labute approximate surface area is 168 Å². The molecule has 2 aromatic rings. The van der Waals surface area contributed by atoms with Crippen LogP contribution in [0.5, 0.6) is 0 Å². The molecule has 29 heavy (non-hydrogen) atoms. The summed E-state index contributed by atoms with van der Waals surface area (Å²) >= 11 is 0. The molecule has 1 N–H and O–H groups in total. The average Bonchev–Trinajstić information content (AvgIpc) is 2.76. The molecule has 7 nitrogen and oxygen atoms in total. The van der Waals surface area contributed by atoms with Gasteiger partial charge in [0.15, 0.2) is 18.5 Å². The molecule has 0 spiro atoms. The molecule has 0 aliphatic carbocycles. The predicted octanol–water partition coefficient (Wildman–Crippen LogP) is 2.36. The maximum absolute atomic E-state index is 12.6. The van der Waals surface area contributed by atoms with Gasteiger partial charge in [-0.2, -0.15) is 0 Å². The highest BCUT2D eigenvalue weighted by atomic mass is 16.7. The van der Waals surface area contributed by atoms with E-state index in [0.717, 1.165) is 0 Å². The summed E-state index contributed by atoms with van der Waals surface area (Å²) < 4.78 is 22.0. The molecule has 152 valence electrons. The number of aliphatic hydroxyl groups is 1. The molecule has 4 atom stereocenters. The summed E-state index contributed by atoms with van der Waals surface area (Å²) in [5, 5.41) is 10.4. The number of aliphatic hydroxyl groups excluding tert-OH is 1. The van der Waals surface area contributed by atoms with Crippen LogP contribution >= 0.6 is 0 Å². The zero-order valence-corrected chi connectivity index (χ0v) is 15.7. The maximum Gasteiger partial charge on any atom is 0.338 e. The number of ether oxygens (including phenoxy) is 4. The lowest BCUT2D eigenvalue weighted by Crippen LogP contribution is -2.57. The minimum atomic E-state index is -1.19. The number of hydrogen-bond acceptors (Lipinski definition) is 7. The zero-order valence-electron chi connectivity index (χ0n) is 15.7. The van der Waals surface area contributed by atoms with Gasteiger partial charge in [0.05, 0.1) is 24.3 Å². The zero-order chi connectivity index (χ0) is 20.6. The third-order valence-corrected chi connectivity index (χ3v) is 4.29. The maximum atomic E-state index is 12.6. The molecule has 0 saturated carbocycles. The number of carbonyl (C=O) groups excluding carboxylic acids is 2. The Hall–Kier alpha value is -3.00. The fourth-order valence-electron chi connectivity index (χ4n) is 2.86. The Kier molecular flexibility index (Phi) is 7.13. The summed E-state index contributed by atoms with van der Waals surface area (Å²) in [5.74, 6) is -1.30. The molecule has 0 aromatic heterocycles. The minimum absolute atomic E-state index is 0.125. The molecule has 1 aliphatic heterocycles. The molecule has 1 heterocycles. The molecule has 0 radical (unpaired) electrons. The minimum Gasteiger partial charge on any atom is -0.452 e. The van der Waals surface area contributed by atoms with Gasteiger partial charge >= 0.3 is 11.9 Å². The average molecular weight is 398 g/mol.